The van der Waals surface area contributed by atoms with Crippen molar-refractivity contribution in [3.05, 3.63) is 40.7 Å². The van der Waals surface area contributed by atoms with Gasteiger partial charge in [0.05, 0.1) is 0 Å². The molecular weight excluding hydrogens is 344 g/mol. The zero-order valence-electron chi connectivity index (χ0n) is 12.7. The summed E-state index contributed by atoms with van der Waals surface area (Å²) in [6.45, 7) is 2.38. The first-order valence-electron chi connectivity index (χ1n) is 7.54. The summed E-state index contributed by atoms with van der Waals surface area (Å²) in [6, 6.07) is 6.50. The zero-order valence-corrected chi connectivity index (χ0v) is 13.5. The van der Waals surface area contributed by atoms with Crippen LogP contribution in [-0.4, -0.2) is 34.2 Å². The number of hydrogen-bond acceptors (Lipinski definition) is 5. The van der Waals surface area contributed by atoms with Gasteiger partial charge in [-0.2, -0.15) is 13.2 Å². The molecule has 1 N–H and O–H groups in total. The molecule has 0 amide bonds. The molecule has 1 aliphatic rings. The minimum absolute atomic E-state index is 0.0866. The summed E-state index contributed by atoms with van der Waals surface area (Å²) in [6.07, 6.45) is -2.83. The first-order chi connectivity index (χ1) is 11.4. The van der Waals surface area contributed by atoms with Gasteiger partial charge >= 0.3 is 6.18 Å². The lowest BCUT2D eigenvalue weighted by Gasteiger charge is -2.32. The normalized spacial score (nSPS) is 17.2. The summed E-state index contributed by atoms with van der Waals surface area (Å²) in [5.41, 5.74) is 1.04. The van der Waals surface area contributed by atoms with Crippen LogP contribution < -0.4 is 5.32 Å². The molecule has 9 heteroatoms. The third kappa shape index (κ3) is 4.41. The number of likely N-dealkylation sites (tertiary alicyclic amines) is 1. The third-order valence-corrected chi connectivity index (χ3v) is 4.80. The van der Waals surface area contributed by atoms with Gasteiger partial charge in [0.1, 0.15) is 5.82 Å². The van der Waals surface area contributed by atoms with Crippen LogP contribution in [0.3, 0.4) is 0 Å². The van der Waals surface area contributed by atoms with E-state index in [0.717, 1.165) is 38.0 Å². The van der Waals surface area contributed by atoms with Crippen LogP contribution in [-0.2, 0) is 12.7 Å². The predicted molar refractivity (Wildman–Crippen MR) is 83.2 cm³/mol. The molecule has 1 aliphatic heterocycles. The molecule has 130 valence electrons. The summed E-state index contributed by atoms with van der Waals surface area (Å²) in [7, 11) is 0. The minimum atomic E-state index is -4.45. The molecule has 3 rings (SSSR count). The van der Waals surface area contributed by atoms with E-state index >= 15 is 0 Å². The third-order valence-electron chi connectivity index (χ3n) is 3.90. The minimum Gasteiger partial charge on any atom is -0.357 e. The molecule has 0 spiro atoms. The molecule has 0 radical (unpaired) electrons. The average molecular weight is 360 g/mol. The van der Waals surface area contributed by atoms with Gasteiger partial charge in [-0.1, -0.05) is 23.5 Å². The first kappa shape index (κ1) is 17.1. The Morgan fingerprint density at radius 3 is 2.38 bits per heavy atom. The van der Waals surface area contributed by atoms with E-state index in [-0.39, 0.29) is 17.0 Å². The summed E-state index contributed by atoms with van der Waals surface area (Å²) < 4.78 is 50.4. The molecule has 1 aromatic carbocycles. The summed E-state index contributed by atoms with van der Waals surface area (Å²) >= 11 is 0.531. The second-order valence-corrected chi connectivity index (χ2v) is 6.71. The lowest BCUT2D eigenvalue weighted by Crippen LogP contribution is -2.38. The Labute approximate surface area is 140 Å². The lowest BCUT2D eigenvalue weighted by atomic mass is 10.0. The van der Waals surface area contributed by atoms with Crippen LogP contribution in [0, 0.1) is 5.82 Å². The summed E-state index contributed by atoms with van der Waals surface area (Å²) in [5, 5.41) is 9.04. The highest BCUT2D eigenvalue weighted by molar-refractivity contribution is 7.15. The van der Waals surface area contributed by atoms with Crippen LogP contribution in [0.5, 0.6) is 0 Å². The van der Waals surface area contributed by atoms with Gasteiger partial charge in [-0.25, -0.2) is 4.39 Å². The molecule has 0 bridgehead atoms. The van der Waals surface area contributed by atoms with Gasteiger partial charge in [0.15, 0.2) is 0 Å². The number of anilines is 1. The number of hydrogen-bond donors (Lipinski definition) is 1. The number of nitrogens with one attached hydrogen (secondary N) is 1. The fourth-order valence-corrected chi connectivity index (χ4v) is 3.34. The SMILES string of the molecule is Fc1ccc(CN2CCC(Nc3nnc(C(F)(F)F)s3)CC2)cc1. The van der Waals surface area contributed by atoms with Gasteiger partial charge in [-0.05, 0) is 30.5 Å². The van der Waals surface area contributed by atoms with Gasteiger partial charge in [0, 0.05) is 25.7 Å². The number of rotatable bonds is 4. The van der Waals surface area contributed by atoms with Crippen molar-refractivity contribution in [1.29, 1.82) is 0 Å². The van der Waals surface area contributed by atoms with Gasteiger partial charge in [0.2, 0.25) is 10.1 Å². The van der Waals surface area contributed by atoms with E-state index < -0.39 is 11.2 Å². The van der Waals surface area contributed by atoms with Gasteiger partial charge in [-0.3, -0.25) is 4.90 Å². The topological polar surface area (TPSA) is 41.0 Å². The van der Waals surface area contributed by atoms with Gasteiger partial charge in [0.25, 0.3) is 0 Å². The van der Waals surface area contributed by atoms with E-state index in [1.165, 1.54) is 12.1 Å². The van der Waals surface area contributed by atoms with E-state index in [2.05, 4.69) is 20.4 Å². The standard InChI is InChI=1S/C15H16F4N4S/c16-11-3-1-10(2-4-11)9-23-7-5-12(6-8-23)20-14-22-21-13(24-14)15(17,18)19/h1-4,12H,5-9H2,(H,20,22). The van der Waals surface area contributed by atoms with Crippen molar-refractivity contribution in [3.63, 3.8) is 0 Å². The van der Waals surface area contributed by atoms with Crippen molar-refractivity contribution in [2.24, 2.45) is 0 Å². The number of halogens is 4. The molecule has 0 atom stereocenters. The second kappa shape index (κ2) is 7.02. The number of aromatic nitrogens is 2. The molecule has 1 aromatic heterocycles. The molecule has 2 heterocycles. The molecule has 4 nitrogen and oxygen atoms in total. The van der Waals surface area contributed by atoms with Crippen LogP contribution in [0.4, 0.5) is 22.7 Å². The van der Waals surface area contributed by atoms with Crippen molar-refractivity contribution in [2.75, 3.05) is 18.4 Å². The summed E-state index contributed by atoms with van der Waals surface area (Å²) in [5.74, 6) is -0.253. The van der Waals surface area contributed by atoms with Gasteiger partial charge < -0.3 is 5.32 Å². The molecule has 1 fully saturated rings. The van der Waals surface area contributed by atoms with Crippen LogP contribution in [0.1, 0.15) is 23.4 Å². The molecule has 0 aliphatic carbocycles. The Hall–Kier alpha value is -1.74. The van der Waals surface area contributed by atoms with E-state index in [1.54, 1.807) is 12.1 Å². The average Bonchev–Trinajstić information content (AvgIpc) is 3.00. The second-order valence-electron chi connectivity index (χ2n) is 5.73. The highest BCUT2D eigenvalue weighted by Gasteiger charge is 2.36. The molecule has 0 unspecified atom stereocenters. The first-order valence-corrected chi connectivity index (χ1v) is 8.36. The molecule has 2 aromatic rings. The predicted octanol–water partition coefficient (Wildman–Crippen LogP) is 3.77. The lowest BCUT2D eigenvalue weighted by molar-refractivity contribution is -0.138. The molecule has 0 saturated carbocycles. The Morgan fingerprint density at radius 2 is 1.79 bits per heavy atom. The summed E-state index contributed by atoms with van der Waals surface area (Å²) in [4.78, 5) is 2.24. The smallest absolute Gasteiger partial charge is 0.357 e. The van der Waals surface area contributed by atoms with Crippen molar-refractivity contribution in [1.82, 2.24) is 15.1 Å². The Morgan fingerprint density at radius 1 is 1.12 bits per heavy atom. The highest BCUT2D eigenvalue weighted by Crippen LogP contribution is 2.33. The number of alkyl halides is 3. The monoisotopic (exact) mass is 360 g/mol. The maximum absolute atomic E-state index is 12.9. The van der Waals surface area contributed by atoms with E-state index in [1.807, 2.05) is 0 Å². The maximum Gasteiger partial charge on any atom is 0.445 e. The molecular formula is C15H16F4N4S. The quantitative estimate of drug-likeness (QED) is 0.843. The maximum atomic E-state index is 12.9. The van der Waals surface area contributed by atoms with Crippen molar-refractivity contribution < 1.29 is 17.6 Å². The van der Waals surface area contributed by atoms with Crippen LogP contribution in [0.15, 0.2) is 24.3 Å². The number of benzene rings is 1. The fourth-order valence-electron chi connectivity index (χ4n) is 2.65. The fraction of sp³-hybridized carbons (Fsp3) is 0.467. The van der Waals surface area contributed by atoms with Crippen molar-refractivity contribution in [2.45, 2.75) is 31.6 Å². The van der Waals surface area contributed by atoms with E-state index in [4.69, 9.17) is 0 Å². The largest absolute Gasteiger partial charge is 0.445 e. The highest BCUT2D eigenvalue weighted by atomic mass is 32.1. The van der Waals surface area contributed by atoms with E-state index in [0.29, 0.717) is 11.3 Å². The Kier molecular flexibility index (Phi) is 5.00. The zero-order chi connectivity index (χ0) is 17.2. The number of nitrogens with zero attached hydrogens (tertiary/aromatic N) is 3. The van der Waals surface area contributed by atoms with Crippen LogP contribution in [0.25, 0.3) is 0 Å². The number of piperidine rings is 1. The molecule has 24 heavy (non-hydrogen) atoms. The van der Waals surface area contributed by atoms with Crippen molar-refractivity contribution >= 4 is 16.5 Å². The van der Waals surface area contributed by atoms with Gasteiger partial charge in [-0.15, -0.1) is 10.2 Å². The van der Waals surface area contributed by atoms with E-state index in [9.17, 15) is 17.6 Å². The Bertz CT molecular complexity index is 663. The van der Waals surface area contributed by atoms with Crippen LogP contribution in [0.2, 0.25) is 0 Å². The van der Waals surface area contributed by atoms with Crippen molar-refractivity contribution in [3.8, 4) is 0 Å². The molecule has 1 saturated heterocycles. The Balaban J connectivity index is 1.48. The van der Waals surface area contributed by atoms with Crippen LogP contribution >= 0.6 is 11.3 Å².